The van der Waals surface area contributed by atoms with Gasteiger partial charge in [-0.05, 0) is 35.9 Å². The second kappa shape index (κ2) is 9.25. The number of urea groups is 1. The summed E-state index contributed by atoms with van der Waals surface area (Å²) in [5.41, 5.74) is 0.679. The number of ether oxygens (including phenoxy) is 2. The van der Waals surface area contributed by atoms with Gasteiger partial charge in [-0.2, -0.15) is 13.2 Å². The van der Waals surface area contributed by atoms with E-state index in [4.69, 9.17) is 9.47 Å². The van der Waals surface area contributed by atoms with Gasteiger partial charge >= 0.3 is 12.2 Å². The highest BCUT2D eigenvalue weighted by Crippen LogP contribution is 2.36. The average Bonchev–Trinajstić information content (AvgIpc) is 2.73. The van der Waals surface area contributed by atoms with Crippen LogP contribution in [0.2, 0.25) is 0 Å². The van der Waals surface area contributed by atoms with Crippen molar-refractivity contribution in [1.82, 2.24) is 4.90 Å². The highest BCUT2D eigenvalue weighted by atomic mass is 19.4. The smallest absolute Gasteiger partial charge is 0.416 e. The minimum atomic E-state index is -4.50. The zero-order valence-corrected chi connectivity index (χ0v) is 16.8. The van der Waals surface area contributed by atoms with Crippen LogP contribution in [0.5, 0.6) is 5.75 Å². The molecule has 3 rings (SSSR count). The number of morpholine rings is 1. The third-order valence-corrected chi connectivity index (χ3v) is 4.82. The molecule has 0 spiro atoms. The Morgan fingerprint density at radius 2 is 1.93 bits per heavy atom. The molecule has 2 aromatic rings. The van der Waals surface area contributed by atoms with Gasteiger partial charge in [-0.15, -0.1) is 0 Å². The van der Waals surface area contributed by atoms with Crippen LogP contribution in [0.15, 0.2) is 42.5 Å². The second-order valence-corrected chi connectivity index (χ2v) is 6.97. The van der Waals surface area contributed by atoms with Crippen molar-refractivity contribution in [2.45, 2.75) is 12.7 Å². The van der Waals surface area contributed by atoms with Crippen molar-refractivity contribution in [1.29, 1.82) is 0 Å². The Kier molecular flexibility index (Phi) is 6.71. The Morgan fingerprint density at radius 1 is 1.20 bits per heavy atom. The number of nitrogens with zero attached hydrogens (tertiary/aromatic N) is 2. The van der Waals surface area contributed by atoms with E-state index < -0.39 is 17.8 Å². The summed E-state index contributed by atoms with van der Waals surface area (Å²) in [4.78, 5) is 16.0. The number of carbonyl (C=O) groups excluding carboxylic acids is 1. The Labute approximate surface area is 173 Å². The molecule has 0 radical (unpaired) electrons. The van der Waals surface area contributed by atoms with E-state index in [2.05, 4.69) is 5.32 Å². The Balaban J connectivity index is 1.80. The molecule has 9 heteroatoms. The van der Waals surface area contributed by atoms with Gasteiger partial charge in [0, 0.05) is 26.7 Å². The van der Waals surface area contributed by atoms with Gasteiger partial charge in [0.05, 0.1) is 37.3 Å². The number of anilines is 2. The van der Waals surface area contributed by atoms with Crippen LogP contribution in [-0.4, -0.2) is 51.4 Å². The fourth-order valence-corrected chi connectivity index (χ4v) is 3.22. The lowest BCUT2D eigenvalue weighted by Gasteiger charge is -2.31. The van der Waals surface area contributed by atoms with Crippen LogP contribution in [0.3, 0.4) is 0 Å². The fraction of sp³-hybridized carbons (Fsp3) is 0.381. The molecule has 1 saturated heterocycles. The molecule has 30 heavy (non-hydrogen) atoms. The molecule has 1 N–H and O–H groups in total. The first-order valence-electron chi connectivity index (χ1n) is 9.47. The summed E-state index contributed by atoms with van der Waals surface area (Å²) in [6.45, 7) is 2.30. The topological polar surface area (TPSA) is 54.0 Å². The minimum Gasteiger partial charge on any atom is -0.497 e. The summed E-state index contributed by atoms with van der Waals surface area (Å²) in [7, 11) is 3.13. The van der Waals surface area contributed by atoms with Crippen LogP contribution in [0.1, 0.15) is 11.1 Å². The van der Waals surface area contributed by atoms with Crippen molar-refractivity contribution in [3.63, 3.8) is 0 Å². The molecule has 2 amide bonds. The first kappa shape index (κ1) is 21.8. The molecule has 0 bridgehead atoms. The number of amides is 2. The second-order valence-electron chi connectivity index (χ2n) is 6.97. The van der Waals surface area contributed by atoms with Crippen LogP contribution >= 0.6 is 0 Å². The van der Waals surface area contributed by atoms with Crippen molar-refractivity contribution in [3.8, 4) is 5.75 Å². The van der Waals surface area contributed by atoms with E-state index in [0.717, 1.165) is 17.7 Å². The molecule has 0 aliphatic carbocycles. The van der Waals surface area contributed by atoms with Crippen molar-refractivity contribution in [2.24, 2.45) is 0 Å². The SMILES string of the molecule is COc1cccc(CN(C)C(=O)Nc2cc(C(F)(F)F)ccc2N2CCOCC2)c1. The van der Waals surface area contributed by atoms with E-state index in [-0.39, 0.29) is 12.2 Å². The van der Waals surface area contributed by atoms with E-state index in [1.807, 2.05) is 17.0 Å². The van der Waals surface area contributed by atoms with Gasteiger partial charge in [0.15, 0.2) is 0 Å². The molecule has 162 valence electrons. The summed E-state index contributed by atoms with van der Waals surface area (Å²) >= 11 is 0. The molecule has 0 unspecified atom stereocenters. The summed E-state index contributed by atoms with van der Waals surface area (Å²) in [6.07, 6.45) is -4.50. The average molecular weight is 423 g/mol. The summed E-state index contributed by atoms with van der Waals surface area (Å²) in [5, 5.41) is 2.64. The number of hydrogen-bond donors (Lipinski definition) is 1. The number of alkyl halides is 3. The molecule has 1 aliphatic rings. The van der Waals surface area contributed by atoms with Crippen LogP contribution in [0, 0.1) is 0 Å². The van der Waals surface area contributed by atoms with Crippen molar-refractivity contribution in [3.05, 3.63) is 53.6 Å². The number of carbonyl (C=O) groups is 1. The Bertz CT molecular complexity index is 883. The predicted octanol–water partition coefficient (Wildman–Crippen LogP) is 4.21. The van der Waals surface area contributed by atoms with Crippen molar-refractivity contribution >= 4 is 17.4 Å². The normalized spacial score (nSPS) is 14.4. The van der Waals surface area contributed by atoms with E-state index in [9.17, 15) is 18.0 Å². The molecule has 1 aliphatic heterocycles. The first-order chi connectivity index (χ1) is 14.3. The number of nitrogens with one attached hydrogen (secondary N) is 1. The van der Waals surface area contributed by atoms with E-state index in [1.54, 1.807) is 26.3 Å². The largest absolute Gasteiger partial charge is 0.497 e. The van der Waals surface area contributed by atoms with Gasteiger partial charge in [-0.25, -0.2) is 4.79 Å². The quantitative estimate of drug-likeness (QED) is 0.783. The first-order valence-corrected chi connectivity index (χ1v) is 9.47. The molecule has 0 atom stereocenters. The molecule has 0 saturated carbocycles. The summed E-state index contributed by atoms with van der Waals surface area (Å²) < 4.78 is 50.2. The fourth-order valence-electron chi connectivity index (χ4n) is 3.22. The van der Waals surface area contributed by atoms with Gasteiger partial charge in [-0.1, -0.05) is 12.1 Å². The van der Waals surface area contributed by atoms with Gasteiger partial charge < -0.3 is 24.6 Å². The van der Waals surface area contributed by atoms with E-state index >= 15 is 0 Å². The van der Waals surface area contributed by atoms with E-state index in [0.29, 0.717) is 37.7 Å². The molecule has 6 nitrogen and oxygen atoms in total. The third-order valence-electron chi connectivity index (χ3n) is 4.82. The lowest BCUT2D eigenvalue weighted by Crippen LogP contribution is -2.37. The minimum absolute atomic E-state index is 0.120. The molecular weight excluding hydrogens is 399 g/mol. The molecule has 1 fully saturated rings. The van der Waals surface area contributed by atoms with Gasteiger partial charge in [0.2, 0.25) is 0 Å². The maximum absolute atomic E-state index is 13.2. The lowest BCUT2D eigenvalue weighted by atomic mass is 10.1. The molecule has 1 heterocycles. The zero-order valence-electron chi connectivity index (χ0n) is 16.8. The van der Waals surface area contributed by atoms with Crippen LogP contribution in [0.25, 0.3) is 0 Å². The van der Waals surface area contributed by atoms with Crippen molar-refractivity contribution < 1.29 is 27.4 Å². The maximum atomic E-state index is 13.2. The maximum Gasteiger partial charge on any atom is 0.416 e. The van der Waals surface area contributed by atoms with Crippen LogP contribution in [-0.2, 0) is 17.5 Å². The van der Waals surface area contributed by atoms with Crippen molar-refractivity contribution in [2.75, 3.05) is 50.7 Å². The summed E-state index contributed by atoms with van der Waals surface area (Å²) in [5.74, 6) is 0.661. The van der Waals surface area contributed by atoms with Crippen LogP contribution in [0.4, 0.5) is 29.3 Å². The van der Waals surface area contributed by atoms with Gasteiger partial charge in [0.1, 0.15) is 5.75 Å². The third kappa shape index (κ3) is 5.35. The number of methoxy groups -OCH3 is 1. The lowest BCUT2D eigenvalue weighted by molar-refractivity contribution is -0.137. The number of hydrogen-bond acceptors (Lipinski definition) is 4. The standard InChI is InChI=1S/C21H24F3N3O3/c1-26(14-15-4-3-5-17(12-15)29-2)20(28)25-18-13-16(21(22,23)24)6-7-19(18)27-8-10-30-11-9-27/h3-7,12-13H,8-11,14H2,1-2H3,(H,25,28). The highest BCUT2D eigenvalue weighted by Gasteiger charge is 2.32. The molecule has 0 aromatic heterocycles. The monoisotopic (exact) mass is 423 g/mol. The Hall–Kier alpha value is -2.94. The van der Waals surface area contributed by atoms with E-state index in [1.165, 1.54) is 11.0 Å². The molecular formula is C21H24F3N3O3. The Morgan fingerprint density at radius 3 is 2.60 bits per heavy atom. The predicted molar refractivity (Wildman–Crippen MR) is 108 cm³/mol. The van der Waals surface area contributed by atoms with Gasteiger partial charge in [-0.3, -0.25) is 0 Å². The number of benzene rings is 2. The zero-order chi connectivity index (χ0) is 21.7. The van der Waals surface area contributed by atoms with Gasteiger partial charge in [0.25, 0.3) is 0 Å². The van der Waals surface area contributed by atoms with Crippen LogP contribution < -0.4 is 15.0 Å². The highest BCUT2D eigenvalue weighted by molar-refractivity contribution is 5.93. The summed E-state index contributed by atoms with van der Waals surface area (Å²) in [6, 6.07) is 10.1. The number of halogens is 3. The number of rotatable bonds is 5. The molecule has 2 aromatic carbocycles.